The van der Waals surface area contributed by atoms with Crippen molar-refractivity contribution in [1.82, 2.24) is 29.1 Å². The minimum Gasteiger partial charge on any atom is -0.377 e. The summed E-state index contributed by atoms with van der Waals surface area (Å²) >= 11 is 0. The quantitative estimate of drug-likeness (QED) is 0.609. The zero-order valence-corrected chi connectivity index (χ0v) is 14.7. The topological polar surface area (TPSA) is 82.2 Å². The number of imidazole rings is 1. The number of pyridine rings is 1. The number of hydrogen-bond donors (Lipinski definition) is 1. The molecule has 8 heteroatoms. The van der Waals surface area contributed by atoms with Gasteiger partial charge in [0.05, 0.1) is 36.7 Å². The predicted octanol–water partition coefficient (Wildman–Crippen LogP) is 2.28. The van der Waals surface area contributed by atoms with Gasteiger partial charge in [-0.2, -0.15) is 0 Å². The van der Waals surface area contributed by atoms with E-state index in [1.165, 1.54) is 0 Å². The van der Waals surface area contributed by atoms with Crippen LogP contribution in [0.15, 0.2) is 30.6 Å². The summed E-state index contributed by atoms with van der Waals surface area (Å²) in [5.74, 6) is 1.59. The van der Waals surface area contributed by atoms with E-state index in [-0.39, 0.29) is 0 Å². The summed E-state index contributed by atoms with van der Waals surface area (Å²) in [5, 5.41) is 7.80. The summed E-state index contributed by atoms with van der Waals surface area (Å²) in [7, 11) is 0. The van der Waals surface area contributed by atoms with Gasteiger partial charge in [0.25, 0.3) is 0 Å². The van der Waals surface area contributed by atoms with Crippen LogP contribution in [0.4, 0.5) is 5.95 Å². The fourth-order valence-electron chi connectivity index (χ4n) is 3.33. The average Bonchev–Trinajstić information content (AvgIpc) is 3.16. The molecule has 8 nitrogen and oxygen atoms in total. The first-order chi connectivity index (χ1) is 12.7. The highest BCUT2D eigenvalue weighted by Crippen LogP contribution is 2.26. The minimum atomic E-state index is 0.295. The molecule has 5 rings (SSSR count). The Morgan fingerprint density at radius 3 is 2.88 bits per heavy atom. The molecule has 0 aromatic carbocycles. The Hall–Kier alpha value is -3.00. The zero-order valence-electron chi connectivity index (χ0n) is 14.7. The molecule has 4 aromatic rings. The number of aryl methyl sites for hydroxylation is 2. The van der Waals surface area contributed by atoms with Crippen LogP contribution in [0.1, 0.15) is 12.7 Å². The second-order valence-electron chi connectivity index (χ2n) is 6.46. The van der Waals surface area contributed by atoms with Crippen molar-refractivity contribution < 1.29 is 4.74 Å². The highest BCUT2D eigenvalue weighted by molar-refractivity contribution is 5.82. The Morgan fingerprint density at radius 2 is 2.12 bits per heavy atom. The van der Waals surface area contributed by atoms with Crippen LogP contribution < -0.4 is 5.32 Å². The van der Waals surface area contributed by atoms with E-state index in [2.05, 4.69) is 31.9 Å². The maximum Gasteiger partial charge on any atom is 0.241 e. The van der Waals surface area contributed by atoms with E-state index in [0.29, 0.717) is 25.2 Å². The van der Waals surface area contributed by atoms with E-state index >= 15 is 0 Å². The van der Waals surface area contributed by atoms with Crippen LogP contribution in [0.5, 0.6) is 0 Å². The van der Waals surface area contributed by atoms with E-state index in [0.717, 1.165) is 40.3 Å². The number of fused-ring (bicyclic) bond motifs is 2. The minimum absolute atomic E-state index is 0.295. The highest BCUT2D eigenvalue weighted by atomic mass is 16.5. The lowest BCUT2D eigenvalue weighted by Crippen LogP contribution is -2.40. The summed E-state index contributed by atoms with van der Waals surface area (Å²) in [5.41, 5.74) is 4.65. The van der Waals surface area contributed by atoms with Crippen molar-refractivity contribution in [3.05, 3.63) is 36.4 Å². The van der Waals surface area contributed by atoms with Crippen molar-refractivity contribution in [3.63, 3.8) is 0 Å². The number of hydrogen-bond acceptors (Lipinski definition) is 6. The molecule has 0 unspecified atom stereocenters. The van der Waals surface area contributed by atoms with Gasteiger partial charge in [-0.25, -0.2) is 19.5 Å². The predicted molar refractivity (Wildman–Crippen MR) is 98.1 cm³/mol. The SMILES string of the molecule is CCn1c(C)nc2ccc(-c3ccn4nc(NC5COC5)ncc34)nc21. The summed E-state index contributed by atoms with van der Waals surface area (Å²) in [6.45, 7) is 6.36. The molecule has 0 atom stereocenters. The average molecular weight is 349 g/mol. The van der Waals surface area contributed by atoms with Crippen LogP contribution in [0.3, 0.4) is 0 Å². The number of aromatic nitrogens is 6. The van der Waals surface area contributed by atoms with E-state index < -0.39 is 0 Å². The Kier molecular flexibility index (Phi) is 3.39. The monoisotopic (exact) mass is 349 g/mol. The summed E-state index contributed by atoms with van der Waals surface area (Å²) < 4.78 is 9.13. The Labute approximate surface area is 149 Å². The van der Waals surface area contributed by atoms with Crippen molar-refractivity contribution in [1.29, 1.82) is 0 Å². The van der Waals surface area contributed by atoms with Crippen LogP contribution in [0.2, 0.25) is 0 Å². The van der Waals surface area contributed by atoms with Crippen LogP contribution in [0.25, 0.3) is 27.9 Å². The number of ether oxygens (including phenoxy) is 1. The molecule has 0 spiro atoms. The fourth-order valence-corrected chi connectivity index (χ4v) is 3.33. The molecule has 1 aliphatic rings. The first kappa shape index (κ1) is 15.3. The largest absolute Gasteiger partial charge is 0.377 e. The van der Waals surface area contributed by atoms with Crippen LogP contribution in [-0.2, 0) is 11.3 Å². The van der Waals surface area contributed by atoms with E-state index in [1.807, 2.05) is 42.0 Å². The third-order valence-corrected chi connectivity index (χ3v) is 4.76. The van der Waals surface area contributed by atoms with Crippen molar-refractivity contribution in [3.8, 4) is 11.3 Å². The second-order valence-corrected chi connectivity index (χ2v) is 6.46. The summed E-state index contributed by atoms with van der Waals surface area (Å²) in [4.78, 5) is 13.9. The lowest BCUT2D eigenvalue weighted by Gasteiger charge is -2.26. The molecule has 132 valence electrons. The molecule has 0 aliphatic carbocycles. The lowest BCUT2D eigenvalue weighted by atomic mass is 10.2. The number of nitrogens with zero attached hydrogens (tertiary/aromatic N) is 6. The van der Waals surface area contributed by atoms with Crippen molar-refractivity contribution in [2.24, 2.45) is 0 Å². The Balaban J connectivity index is 1.56. The maximum atomic E-state index is 5.17. The number of anilines is 1. The van der Waals surface area contributed by atoms with Gasteiger partial charge < -0.3 is 14.6 Å². The van der Waals surface area contributed by atoms with Crippen molar-refractivity contribution in [2.45, 2.75) is 26.4 Å². The van der Waals surface area contributed by atoms with Gasteiger partial charge >= 0.3 is 0 Å². The Bertz CT molecular complexity index is 1110. The van der Waals surface area contributed by atoms with E-state index in [4.69, 9.17) is 9.72 Å². The van der Waals surface area contributed by atoms with Gasteiger partial charge in [0.1, 0.15) is 11.3 Å². The molecule has 5 heterocycles. The molecule has 1 aliphatic heterocycles. The molecule has 26 heavy (non-hydrogen) atoms. The van der Waals surface area contributed by atoms with Gasteiger partial charge in [-0.05, 0) is 32.0 Å². The van der Waals surface area contributed by atoms with Crippen molar-refractivity contribution in [2.75, 3.05) is 18.5 Å². The number of nitrogens with one attached hydrogen (secondary N) is 1. The van der Waals surface area contributed by atoms with Gasteiger partial charge in [-0.15, -0.1) is 5.10 Å². The van der Waals surface area contributed by atoms with Gasteiger partial charge in [0.2, 0.25) is 5.95 Å². The molecule has 1 saturated heterocycles. The smallest absolute Gasteiger partial charge is 0.241 e. The highest BCUT2D eigenvalue weighted by Gasteiger charge is 2.19. The fraction of sp³-hybridized carbons (Fsp3) is 0.333. The molecule has 4 aromatic heterocycles. The van der Waals surface area contributed by atoms with Crippen LogP contribution in [-0.4, -0.2) is 48.4 Å². The Morgan fingerprint density at radius 1 is 1.23 bits per heavy atom. The van der Waals surface area contributed by atoms with Gasteiger partial charge in [0, 0.05) is 18.3 Å². The normalized spacial score (nSPS) is 14.8. The first-order valence-corrected chi connectivity index (χ1v) is 8.76. The van der Waals surface area contributed by atoms with Gasteiger partial charge in [-0.1, -0.05) is 0 Å². The van der Waals surface area contributed by atoms with Crippen molar-refractivity contribution >= 4 is 22.6 Å². The lowest BCUT2D eigenvalue weighted by molar-refractivity contribution is 0.0207. The third kappa shape index (κ3) is 2.33. The van der Waals surface area contributed by atoms with Crippen LogP contribution in [0, 0.1) is 6.92 Å². The molecule has 0 bridgehead atoms. The molecular weight excluding hydrogens is 330 g/mol. The van der Waals surface area contributed by atoms with E-state index in [9.17, 15) is 0 Å². The third-order valence-electron chi connectivity index (χ3n) is 4.76. The molecule has 1 fully saturated rings. The molecule has 0 radical (unpaired) electrons. The first-order valence-electron chi connectivity index (χ1n) is 8.76. The zero-order chi connectivity index (χ0) is 17.7. The summed E-state index contributed by atoms with van der Waals surface area (Å²) in [6.07, 6.45) is 3.77. The van der Waals surface area contributed by atoms with Gasteiger partial charge in [-0.3, -0.25) is 0 Å². The molecule has 0 amide bonds. The molecule has 1 N–H and O–H groups in total. The molecular formula is C18H19N7O. The summed E-state index contributed by atoms with van der Waals surface area (Å²) in [6, 6.07) is 6.34. The standard InChI is InChI=1S/C18H19N7O/c1-3-24-11(2)20-15-5-4-14(22-17(15)24)13-6-7-25-16(13)8-19-18(23-25)21-12-9-26-10-12/h4-8,12H,3,9-10H2,1-2H3,(H,21,23). The van der Waals surface area contributed by atoms with Gasteiger partial charge in [0.15, 0.2) is 5.65 Å². The maximum absolute atomic E-state index is 5.17. The van der Waals surface area contributed by atoms with Crippen LogP contribution >= 0.6 is 0 Å². The van der Waals surface area contributed by atoms with E-state index in [1.54, 1.807) is 0 Å². The second kappa shape index (κ2) is 5.77. The molecule has 0 saturated carbocycles. The number of rotatable bonds is 4.